The maximum Gasteiger partial charge on any atom is 0.335 e. The average molecular weight is 208 g/mol. The van der Waals surface area contributed by atoms with Crippen molar-refractivity contribution in [2.45, 2.75) is 18.8 Å². The minimum Gasteiger partial charge on any atom is -0.479 e. The second kappa shape index (κ2) is 4.42. The summed E-state index contributed by atoms with van der Waals surface area (Å²) >= 11 is 0. The Hall–Kier alpha value is -1.39. The molecule has 15 heavy (non-hydrogen) atoms. The van der Waals surface area contributed by atoms with E-state index in [-0.39, 0.29) is 6.10 Å². The molecule has 0 aliphatic carbocycles. The standard InChI is InChI=1S/C11H12O4/c12-11(13)10-9(15-10)7-14-6-8-4-2-1-3-5-8/h1-5,9-10H,6-7H2,(H,12,13)/t9?,10-/m0/s1. The van der Waals surface area contributed by atoms with E-state index in [0.717, 1.165) is 5.56 Å². The van der Waals surface area contributed by atoms with Crippen LogP contribution in [0, 0.1) is 0 Å². The van der Waals surface area contributed by atoms with Gasteiger partial charge in [-0.1, -0.05) is 30.3 Å². The Labute approximate surface area is 87.4 Å². The molecule has 1 aromatic carbocycles. The Kier molecular flexibility index (Phi) is 2.99. The van der Waals surface area contributed by atoms with E-state index in [1.54, 1.807) is 0 Å². The van der Waals surface area contributed by atoms with Gasteiger partial charge in [0.1, 0.15) is 6.10 Å². The molecule has 2 atom stereocenters. The van der Waals surface area contributed by atoms with Crippen LogP contribution in [0.3, 0.4) is 0 Å². The predicted molar refractivity (Wildman–Crippen MR) is 52.4 cm³/mol. The number of benzene rings is 1. The minimum atomic E-state index is -0.914. The normalized spacial score (nSPS) is 23.7. The van der Waals surface area contributed by atoms with E-state index in [9.17, 15) is 4.79 Å². The van der Waals surface area contributed by atoms with Gasteiger partial charge in [0.2, 0.25) is 0 Å². The van der Waals surface area contributed by atoms with Crippen molar-refractivity contribution in [3.8, 4) is 0 Å². The molecule has 2 rings (SSSR count). The summed E-state index contributed by atoms with van der Waals surface area (Å²) in [5.41, 5.74) is 1.07. The molecule has 1 aliphatic heterocycles. The van der Waals surface area contributed by atoms with Gasteiger partial charge in [-0.2, -0.15) is 0 Å². The van der Waals surface area contributed by atoms with Gasteiger partial charge in [-0.3, -0.25) is 0 Å². The van der Waals surface area contributed by atoms with Crippen molar-refractivity contribution in [1.82, 2.24) is 0 Å². The zero-order valence-electron chi connectivity index (χ0n) is 8.13. The van der Waals surface area contributed by atoms with Gasteiger partial charge in [0.25, 0.3) is 0 Å². The molecule has 0 amide bonds. The van der Waals surface area contributed by atoms with E-state index in [1.807, 2.05) is 30.3 Å². The number of hydrogen-bond donors (Lipinski definition) is 1. The van der Waals surface area contributed by atoms with Gasteiger partial charge in [-0.25, -0.2) is 4.79 Å². The Balaban J connectivity index is 1.67. The first-order valence-corrected chi connectivity index (χ1v) is 4.77. The van der Waals surface area contributed by atoms with Gasteiger partial charge in [0.15, 0.2) is 6.10 Å². The Bertz CT molecular complexity index is 336. The monoisotopic (exact) mass is 208 g/mol. The minimum absolute atomic E-state index is 0.272. The number of aliphatic carboxylic acids is 1. The summed E-state index contributed by atoms with van der Waals surface area (Å²) < 4.78 is 10.2. The molecule has 0 radical (unpaired) electrons. The van der Waals surface area contributed by atoms with E-state index in [1.165, 1.54) is 0 Å². The van der Waals surface area contributed by atoms with Gasteiger partial charge in [-0.05, 0) is 5.56 Å². The first kappa shape index (κ1) is 10.1. The third-order valence-corrected chi connectivity index (χ3v) is 2.22. The van der Waals surface area contributed by atoms with Crippen molar-refractivity contribution >= 4 is 5.97 Å². The quantitative estimate of drug-likeness (QED) is 0.735. The molecule has 0 bridgehead atoms. The van der Waals surface area contributed by atoms with Crippen LogP contribution in [0.25, 0.3) is 0 Å². The van der Waals surface area contributed by atoms with Crippen LogP contribution in [0.5, 0.6) is 0 Å². The number of hydrogen-bond acceptors (Lipinski definition) is 3. The topological polar surface area (TPSA) is 59.1 Å². The smallest absolute Gasteiger partial charge is 0.335 e. The molecular formula is C11H12O4. The van der Waals surface area contributed by atoms with Crippen LogP contribution in [0.15, 0.2) is 30.3 Å². The number of carboxylic acids is 1. The van der Waals surface area contributed by atoms with Gasteiger partial charge in [0.05, 0.1) is 13.2 Å². The molecule has 1 aliphatic rings. The second-order valence-corrected chi connectivity index (χ2v) is 3.43. The molecule has 1 heterocycles. The lowest BCUT2D eigenvalue weighted by molar-refractivity contribution is -0.138. The lowest BCUT2D eigenvalue weighted by Gasteiger charge is -2.01. The van der Waals surface area contributed by atoms with Crippen molar-refractivity contribution in [2.75, 3.05) is 6.61 Å². The van der Waals surface area contributed by atoms with Crippen molar-refractivity contribution in [3.63, 3.8) is 0 Å². The Morgan fingerprint density at radius 2 is 2.13 bits per heavy atom. The first-order chi connectivity index (χ1) is 7.27. The summed E-state index contributed by atoms with van der Waals surface area (Å²) in [6, 6.07) is 9.73. The number of carbonyl (C=O) groups is 1. The van der Waals surface area contributed by atoms with Crippen LogP contribution >= 0.6 is 0 Å². The van der Waals surface area contributed by atoms with Gasteiger partial charge >= 0.3 is 5.97 Å². The lowest BCUT2D eigenvalue weighted by Crippen LogP contribution is -2.12. The molecule has 4 heteroatoms. The Morgan fingerprint density at radius 3 is 2.73 bits per heavy atom. The highest BCUT2D eigenvalue weighted by atomic mass is 16.6. The van der Waals surface area contributed by atoms with E-state index in [0.29, 0.717) is 13.2 Å². The van der Waals surface area contributed by atoms with Crippen LogP contribution < -0.4 is 0 Å². The Morgan fingerprint density at radius 1 is 1.40 bits per heavy atom. The summed E-state index contributed by atoms with van der Waals surface area (Å²) in [7, 11) is 0. The van der Waals surface area contributed by atoms with E-state index in [4.69, 9.17) is 14.6 Å². The molecule has 1 N–H and O–H groups in total. The molecule has 4 nitrogen and oxygen atoms in total. The van der Waals surface area contributed by atoms with Crippen LogP contribution in [0.4, 0.5) is 0 Å². The summed E-state index contributed by atoms with van der Waals surface area (Å²) in [5, 5.41) is 8.56. The zero-order valence-corrected chi connectivity index (χ0v) is 8.13. The molecule has 1 fully saturated rings. The fourth-order valence-corrected chi connectivity index (χ4v) is 1.35. The van der Waals surface area contributed by atoms with E-state index >= 15 is 0 Å². The van der Waals surface area contributed by atoms with Crippen LogP contribution in [-0.2, 0) is 20.9 Å². The second-order valence-electron chi connectivity index (χ2n) is 3.43. The molecule has 0 spiro atoms. The van der Waals surface area contributed by atoms with E-state index < -0.39 is 12.1 Å². The summed E-state index contributed by atoms with van der Waals surface area (Å²) in [5.74, 6) is -0.914. The van der Waals surface area contributed by atoms with E-state index in [2.05, 4.69) is 0 Å². The molecule has 0 aromatic heterocycles. The maximum absolute atomic E-state index is 10.4. The summed E-state index contributed by atoms with van der Waals surface area (Å²) in [6.07, 6.45) is -0.938. The predicted octanol–water partition coefficient (Wildman–Crippen LogP) is 1.06. The number of rotatable bonds is 5. The van der Waals surface area contributed by atoms with Crippen molar-refractivity contribution < 1.29 is 19.4 Å². The highest BCUT2D eigenvalue weighted by molar-refractivity contribution is 5.75. The number of epoxide rings is 1. The SMILES string of the molecule is O=C(O)[C@H]1OC1COCc1ccccc1. The highest BCUT2D eigenvalue weighted by Crippen LogP contribution is 2.22. The zero-order chi connectivity index (χ0) is 10.7. The van der Waals surface area contributed by atoms with Gasteiger partial charge < -0.3 is 14.6 Å². The molecule has 1 aromatic rings. The summed E-state index contributed by atoms with van der Waals surface area (Å²) in [6.45, 7) is 0.832. The number of ether oxygens (including phenoxy) is 2. The fourth-order valence-electron chi connectivity index (χ4n) is 1.35. The van der Waals surface area contributed by atoms with Crippen LogP contribution in [-0.4, -0.2) is 29.9 Å². The first-order valence-electron chi connectivity index (χ1n) is 4.77. The third-order valence-electron chi connectivity index (χ3n) is 2.22. The maximum atomic E-state index is 10.4. The number of carboxylic acid groups (broad SMARTS) is 1. The van der Waals surface area contributed by atoms with Crippen LogP contribution in [0.2, 0.25) is 0 Å². The van der Waals surface area contributed by atoms with Crippen molar-refractivity contribution in [3.05, 3.63) is 35.9 Å². The summed E-state index contributed by atoms with van der Waals surface area (Å²) in [4.78, 5) is 10.4. The molecule has 80 valence electrons. The molecule has 0 saturated carbocycles. The van der Waals surface area contributed by atoms with Gasteiger partial charge in [0, 0.05) is 0 Å². The fraction of sp³-hybridized carbons (Fsp3) is 0.364. The average Bonchev–Trinajstić information content (AvgIpc) is 2.99. The highest BCUT2D eigenvalue weighted by Gasteiger charge is 2.45. The van der Waals surface area contributed by atoms with Crippen molar-refractivity contribution in [2.24, 2.45) is 0 Å². The van der Waals surface area contributed by atoms with Crippen LogP contribution in [0.1, 0.15) is 5.56 Å². The molecular weight excluding hydrogens is 196 g/mol. The lowest BCUT2D eigenvalue weighted by atomic mass is 10.2. The largest absolute Gasteiger partial charge is 0.479 e. The molecule has 1 saturated heterocycles. The van der Waals surface area contributed by atoms with Crippen molar-refractivity contribution in [1.29, 1.82) is 0 Å². The third kappa shape index (κ3) is 2.78. The van der Waals surface area contributed by atoms with Gasteiger partial charge in [-0.15, -0.1) is 0 Å². The molecule has 1 unspecified atom stereocenters.